The number of hydrogen-bond donors (Lipinski definition) is 2. The molecule has 23 heavy (non-hydrogen) atoms. The highest BCUT2D eigenvalue weighted by molar-refractivity contribution is 6.01. The Morgan fingerprint density at radius 2 is 1.61 bits per heavy atom. The molecule has 2 aromatic rings. The summed E-state index contributed by atoms with van der Waals surface area (Å²) in [6, 6.07) is 16.3. The summed E-state index contributed by atoms with van der Waals surface area (Å²) in [5.41, 5.74) is 5.35. The fraction of sp³-hybridized carbons (Fsp3) is 0.167. The fourth-order valence-corrected chi connectivity index (χ4v) is 1.90. The van der Waals surface area contributed by atoms with E-state index in [-0.39, 0.29) is 11.8 Å². The summed E-state index contributed by atoms with van der Waals surface area (Å²) in [5, 5.41) is 6.83. The third kappa shape index (κ3) is 4.78. The van der Waals surface area contributed by atoms with Crippen LogP contribution in [0.15, 0.2) is 59.7 Å². The molecule has 0 fully saturated rings. The maximum absolute atomic E-state index is 12.1. The van der Waals surface area contributed by atoms with Gasteiger partial charge in [-0.3, -0.25) is 9.59 Å². The molecule has 0 unspecified atom stereocenters. The van der Waals surface area contributed by atoms with Crippen LogP contribution in [0.25, 0.3) is 0 Å². The minimum absolute atomic E-state index is 0.0645. The van der Waals surface area contributed by atoms with Crippen molar-refractivity contribution in [2.45, 2.75) is 20.3 Å². The zero-order chi connectivity index (χ0) is 16.7. The second kappa shape index (κ2) is 7.89. The van der Waals surface area contributed by atoms with Gasteiger partial charge in [0, 0.05) is 17.7 Å². The van der Waals surface area contributed by atoms with Crippen molar-refractivity contribution in [3.8, 4) is 0 Å². The monoisotopic (exact) mass is 309 g/mol. The van der Waals surface area contributed by atoms with Crippen molar-refractivity contribution in [3.05, 3.63) is 65.7 Å². The molecule has 0 saturated heterocycles. The highest BCUT2D eigenvalue weighted by Crippen LogP contribution is 2.10. The van der Waals surface area contributed by atoms with Crippen LogP contribution in [0.2, 0.25) is 0 Å². The molecule has 0 aliphatic carbocycles. The predicted molar refractivity (Wildman–Crippen MR) is 91.5 cm³/mol. The minimum atomic E-state index is -0.298. The number of carbonyl (C=O) groups excluding carboxylic acids is 2. The van der Waals surface area contributed by atoms with Crippen LogP contribution in [-0.4, -0.2) is 17.5 Å². The third-order valence-corrected chi connectivity index (χ3v) is 3.27. The third-order valence-electron chi connectivity index (χ3n) is 3.27. The summed E-state index contributed by atoms with van der Waals surface area (Å²) in [6.45, 7) is 3.61. The first kappa shape index (κ1) is 16.4. The standard InChI is InChI=1S/C18H19N3O2/c1-3-17(22)19-16-11-9-15(10-12-16)18(23)21-20-13(2)14-7-5-4-6-8-14/h4-12H,3H2,1-2H3,(H,19,22)(H,21,23). The van der Waals surface area contributed by atoms with Gasteiger partial charge < -0.3 is 5.32 Å². The van der Waals surface area contributed by atoms with Crippen LogP contribution >= 0.6 is 0 Å². The highest BCUT2D eigenvalue weighted by atomic mass is 16.2. The molecule has 0 aromatic heterocycles. The molecule has 0 aliphatic heterocycles. The van der Waals surface area contributed by atoms with Crippen molar-refractivity contribution in [1.29, 1.82) is 0 Å². The average molecular weight is 309 g/mol. The Hall–Kier alpha value is -2.95. The molecule has 2 N–H and O–H groups in total. The average Bonchev–Trinajstić information content (AvgIpc) is 2.60. The van der Waals surface area contributed by atoms with Gasteiger partial charge in [0.25, 0.3) is 5.91 Å². The molecular formula is C18H19N3O2. The van der Waals surface area contributed by atoms with E-state index in [9.17, 15) is 9.59 Å². The SMILES string of the molecule is CCC(=O)Nc1ccc(C(=O)NN=C(C)c2ccccc2)cc1. The number of carbonyl (C=O) groups is 2. The summed E-state index contributed by atoms with van der Waals surface area (Å²) in [4.78, 5) is 23.4. The van der Waals surface area contributed by atoms with E-state index in [0.29, 0.717) is 17.7 Å². The van der Waals surface area contributed by atoms with Gasteiger partial charge in [-0.2, -0.15) is 5.10 Å². The molecular weight excluding hydrogens is 290 g/mol. The van der Waals surface area contributed by atoms with E-state index in [1.165, 1.54) is 0 Å². The van der Waals surface area contributed by atoms with Crippen molar-refractivity contribution < 1.29 is 9.59 Å². The van der Waals surface area contributed by atoms with Gasteiger partial charge in [0.2, 0.25) is 5.91 Å². The molecule has 0 saturated carbocycles. The molecule has 2 aromatic carbocycles. The van der Waals surface area contributed by atoms with Crippen LogP contribution in [0, 0.1) is 0 Å². The number of amides is 2. The number of rotatable bonds is 5. The van der Waals surface area contributed by atoms with E-state index >= 15 is 0 Å². The number of nitrogens with zero attached hydrogens (tertiary/aromatic N) is 1. The fourth-order valence-electron chi connectivity index (χ4n) is 1.90. The Balaban J connectivity index is 1.99. The second-order valence-corrected chi connectivity index (χ2v) is 4.98. The first-order valence-electron chi connectivity index (χ1n) is 7.40. The highest BCUT2D eigenvalue weighted by Gasteiger charge is 2.06. The molecule has 0 aliphatic rings. The maximum atomic E-state index is 12.1. The Morgan fingerprint density at radius 3 is 2.22 bits per heavy atom. The molecule has 0 bridgehead atoms. The molecule has 0 spiro atoms. The Kier molecular flexibility index (Phi) is 5.63. The normalized spacial score (nSPS) is 11.0. The van der Waals surface area contributed by atoms with Crippen LogP contribution in [0.5, 0.6) is 0 Å². The summed E-state index contributed by atoms with van der Waals surface area (Å²) >= 11 is 0. The van der Waals surface area contributed by atoms with Gasteiger partial charge in [-0.25, -0.2) is 5.43 Å². The zero-order valence-corrected chi connectivity index (χ0v) is 13.2. The number of hydrogen-bond acceptors (Lipinski definition) is 3. The van der Waals surface area contributed by atoms with Crippen molar-refractivity contribution in [3.63, 3.8) is 0 Å². The topological polar surface area (TPSA) is 70.6 Å². The molecule has 5 nitrogen and oxygen atoms in total. The lowest BCUT2D eigenvalue weighted by Gasteiger charge is -2.05. The Bertz CT molecular complexity index is 707. The number of benzene rings is 2. The predicted octanol–water partition coefficient (Wildman–Crippen LogP) is 3.19. The van der Waals surface area contributed by atoms with E-state index < -0.39 is 0 Å². The molecule has 0 atom stereocenters. The van der Waals surface area contributed by atoms with Crippen LogP contribution in [-0.2, 0) is 4.79 Å². The van der Waals surface area contributed by atoms with E-state index in [2.05, 4.69) is 15.8 Å². The first-order chi connectivity index (χ1) is 11.1. The molecule has 2 amide bonds. The van der Waals surface area contributed by atoms with E-state index in [4.69, 9.17) is 0 Å². The van der Waals surface area contributed by atoms with Crippen LogP contribution in [0.1, 0.15) is 36.2 Å². The summed E-state index contributed by atoms with van der Waals surface area (Å²) in [5.74, 6) is -0.362. The molecule has 5 heteroatoms. The quantitative estimate of drug-likeness (QED) is 0.658. The lowest BCUT2D eigenvalue weighted by molar-refractivity contribution is -0.115. The van der Waals surface area contributed by atoms with Crippen molar-refractivity contribution >= 4 is 23.2 Å². The summed E-state index contributed by atoms with van der Waals surface area (Å²) < 4.78 is 0. The Labute approximate surface area is 135 Å². The minimum Gasteiger partial charge on any atom is -0.326 e. The maximum Gasteiger partial charge on any atom is 0.271 e. The van der Waals surface area contributed by atoms with Gasteiger partial charge >= 0.3 is 0 Å². The molecule has 2 rings (SSSR count). The summed E-state index contributed by atoms with van der Waals surface area (Å²) in [7, 11) is 0. The number of nitrogens with one attached hydrogen (secondary N) is 2. The first-order valence-corrected chi connectivity index (χ1v) is 7.40. The van der Waals surface area contributed by atoms with E-state index in [1.54, 1.807) is 31.2 Å². The van der Waals surface area contributed by atoms with Crippen LogP contribution in [0.4, 0.5) is 5.69 Å². The molecule has 118 valence electrons. The van der Waals surface area contributed by atoms with Gasteiger partial charge in [0.1, 0.15) is 0 Å². The number of anilines is 1. The number of hydrazone groups is 1. The lowest BCUT2D eigenvalue weighted by atomic mass is 10.1. The van der Waals surface area contributed by atoms with Gasteiger partial charge in [0.15, 0.2) is 0 Å². The summed E-state index contributed by atoms with van der Waals surface area (Å²) in [6.07, 6.45) is 0.412. The van der Waals surface area contributed by atoms with Gasteiger partial charge in [0.05, 0.1) is 5.71 Å². The van der Waals surface area contributed by atoms with Gasteiger partial charge in [-0.05, 0) is 36.8 Å². The Morgan fingerprint density at radius 1 is 0.957 bits per heavy atom. The smallest absolute Gasteiger partial charge is 0.271 e. The van der Waals surface area contributed by atoms with Crippen molar-refractivity contribution in [2.75, 3.05) is 5.32 Å². The van der Waals surface area contributed by atoms with E-state index in [0.717, 1.165) is 11.3 Å². The second-order valence-electron chi connectivity index (χ2n) is 4.98. The van der Waals surface area contributed by atoms with Crippen molar-refractivity contribution in [1.82, 2.24) is 5.43 Å². The molecule has 0 heterocycles. The van der Waals surface area contributed by atoms with Gasteiger partial charge in [-0.1, -0.05) is 37.3 Å². The van der Waals surface area contributed by atoms with Crippen LogP contribution < -0.4 is 10.7 Å². The van der Waals surface area contributed by atoms with Gasteiger partial charge in [-0.15, -0.1) is 0 Å². The van der Waals surface area contributed by atoms with Crippen LogP contribution in [0.3, 0.4) is 0 Å². The lowest BCUT2D eigenvalue weighted by Crippen LogP contribution is -2.19. The largest absolute Gasteiger partial charge is 0.326 e. The van der Waals surface area contributed by atoms with Crippen molar-refractivity contribution in [2.24, 2.45) is 5.10 Å². The zero-order valence-electron chi connectivity index (χ0n) is 13.2. The van der Waals surface area contributed by atoms with E-state index in [1.807, 2.05) is 37.3 Å². The molecule has 0 radical (unpaired) electrons.